The lowest BCUT2D eigenvalue weighted by Gasteiger charge is -2.22. The van der Waals surface area contributed by atoms with Gasteiger partial charge in [-0.25, -0.2) is 0 Å². The fourth-order valence-corrected chi connectivity index (χ4v) is 3.03. The van der Waals surface area contributed by atoms with Crippen molar-refractivity contribution >= 4 is 45.2 Å². The number of nitrogens with zero attached hydrogens (tertiary/aromatic N) is 1. The molecule has 144 valence electrons. The van der Waals surface area contributed by atoms with E-state index in [0.29, 0.717) is 17.5 Å². The van der Waals surface area contributed by atoms with Crippen LogP contribution in [-0.4, -0.2) is 31.4 Å². The molecule has 1 amide bonds. The molecule has 0 saturated heterocycles. The van der Waals surface area contributed by atoms with Crippen LogP contribution in [0, 0.1) is 6.92 Å². The first-order chi connectivity index (χ1) is 12.3. The van der Waals surface area contributed by atoms with Gasteiger partial charge in [0.05, 0.1) is 11.4 Å². The number of halogens is 2. The minimum atomic E-state index is -0.445. The topological polar surface area (TPSA) is 75.7 Å². The highest BCUT2D eigenvalue weighted by Crippen LogP contribution is 2.21. The highest BCUT2D eigenvalue weighted by atomic mass is 79.9. The van der Waals surface area contributed by atoms with Crippen molar-refractivity contribution in [3.63, 3.8) is 0 Å². The fraction of sp³-hybridized carbons (Fsp3) is 0.263. The molecule has 2 heterocycles. The summed E-state index contributed by atoms with van der Waals surface area (Å²) in [6.07, 6.45) is 0. The predicted molar refractivity (Wildman–Crippen MR) is 110 cm³/mol. The van der Waals surface area contributed by atoms with Crippen molar-refractivity contribution in [2.75, 3.05) is 20.6 Å². The molecule has 8 heteroatoms. The number of amides is 1. The number of nitrogens with one attached hydrogen (secondary N) is 1. The van der Waals surface area contributed by atoms with Crippen molar-refractivity contribution in [1.29, 1.82) is 0 Å². The Morgan fingerprint density at radius 2 is 1.93 bits per heavy atom. The summed E-state index contributed by atoms with van der Waals surface area (Å²) in [4.78, 5) is 26.6. The molecule has 0 radical (unpaired) electrons. The van der Waals surface area contributed by atoms with Crippen LogP contribution in [0.25, 0.3) is 11.0 Å². The molecule has 1 N–H and O–H groups in total. The number of carbonyl (C=O) groups excluding carboxylic acids is 1. The summed E-state index contributed by atoms with van der Waals surface area (Å²) in [6.45, 7) is 2.19. The van der Waals surface area contributed by atoms with Gasteiger partial charge in [-0.1, -0.05) is 15.9 Å². The molecule has 0 aliphatic heterocycles. The van der Waals surface area contributed by atoms with Crippen LogP contribution in [0.3, 0.4) is 0 Å². The second-order valence-corrected chi connectivity index (χ2v) is 7.17. The summed E-state index contributed by atoms with van der Waals surface area (Å²) in [5.41, 5.74) is 0.109. The van der Waals surface area contributed by atoms with Crippen molar-refractivity contribution in [1.82, 2.24) is 10.2 Å². The number of aryl methyl sites for hydroxylation is 1. The monoisotopic (exact) mass is 454 g/mol. The summed E-state index contributed by atoms with van der Waals surface area (Å²) < 4.78 is 12.0. The molecule has 2 aromatic heterocycles. The van der Waals surface area contributed by atoms with Crippen LogP contribution in [0.5, 0.6) is 0 Å². The van der Waals surface area contributed by atoms with Crippen LogP contribution in [-0.2, 0) is 0 Å². The lowest BCUT2D eigenvalue weighted by Crippen LogP contribution is -2.34. The smallest absolute Gasteiger partial charge is 0.287 e. The second-order valence-electron chi connectivity index (χ2n) is 6.25. The highest BCUT2D eigenvalue weighted by Gasteiger charge is 2.20. The van der Waals surface area contributed by atoms with Gasteiger partial charge < -0.3 is 14.2 Å². The van der Waals surface area contributed by atoms with Crippen LogP contribution >= 0.6 is 28.3 Å². The quantitative estimate of drug-likeness (QED) is 0.631. The molecular weight excluding hydrogens is 436 g/mol. The third-order valence-corrected chi connectivity index (χ3v) is 4.58. The Balaban J connectivity index is 0.00000261. The molecular formula is C19H20BrClN2O4. The zero-order valence-electron chi connectivity index (χ0n) is 15.1. The Morgan fingerprint density at radius 3 is 2.56 bits per heavy atom. The number of fused-ring (bicyclic) bond motifs is 1. The van der Waals surface area contributed by atoms with E-state index in [1.165, 1.54) is 6.07 Å². The Bertz CT molecular complexity index is 1010. The van der Waals surface area contributed by atoms with Gasteiger partial charge in [-0.3, -0.25) is 14.5 Å². The van der Waals surface area contributed by atoms with E-state index in [1.807, 2.05) is 38.1 Å². The second kappa shape index (κ2) is 8.73. The van der Waals surface area contributed by atoms with Crippen LogP contribution < -0.4 is 10.7 Å². The highest BCUT2D eigenvalue weighted by molar-refractivity contribution is 9.10. The number of benzene rings is 1. The van der Waals surface area contributed by atoms with E-state index in [1.54, 1.807) is 18.2 Å². The van der Waals surface area contributed by atoms with E-state index in [4.69, 9.17) is 8.83 Å². The number of hydrogen-bond donors (Lipinski definition) is 1. The van der Waals surface area contributed by atoms with Crippen molar-refractivity contribution in [3.8, 4) is 0 Å². The minimum absolute atomic E-state index is 0. The molecule has 0 bridgehead atoms. The Morgan fingerprint density at radius 1 is 1.19 bits per heavy atom. The van der Waals surface area contributed by atoms with E-state index in [2.05, 4.69) is 21.2 Å². The van der Waals surface area contributed by atoms with E-state index >= 15 is 0 Å². The summed E-state index contributed by atoms with van der Waals surface area (Å²) in [7, 11) is 3.81. The van der Waals surface area contributed by atoms with E-state index in [0.717, 1.165) is 16.0 Å². The first kappa shape index (κ1) is 21.2. The number of hydrogen-bond acceptors (Lipinski definition) is 5. The van der Waals surface area contributed by atoms with Crippen molar-refractivity contribution < 1.29 is 13.6 Å². The van der Waals surface area contributed by atoms with Gasteiger partial charge in [0.1, 0.15) is 17.1 Å². The van der Waals surface area contributed by atoms with Gasteiger partial charge >= 0.3 is 0 Å². The molecule has 27 heavy (non-hydrogen) atoms. The van der Waals surface area contributed by atoms with Crippen LogP contribution in [0.2, 0.25) is 0 Å². The third-order valence-electron chi connectivity index (χ3n) is 4.08. The molecule has 0 spiro atoms. The van der Waals surface area contributed by atoms with Gasteiger partial charge in [-0.2, -0.15) is 0 Å². The Kier molecular flexibility index (Phi) is 6.86. The maximum atomic E-state index is 12.5. The third kappa shape index (κ3) is 4.80. The maximum absolute atomic E-state index is 12.5. The molecule has 0 aliphatic carbocycles. The van der Waals surface area contributed by atoms with Crippen LogP contribution in [0.4, 0.5) is 0 Å². The number of furan rings is 1. The van der Waals surface area contributed by atoms with Gasteiger partial charge in [0, 0.05) is 17.1 Å². The molecule has 1 aromatic carbocycles. The maximum Gasteiger partial charge on any atom is 0.287 e. The number of likely N-dealkylation sites (N-methyl/N-ethyl adjacent to an activating group) is 1. The normalized spacial score (nSPS) is 12.0. The average Bonchev–Trinajstić information content (AvgIpc) is 3.00. The minimum Gasteiger partial charge on any atom is -0.465 e. The molecule has 3 aromatic rings. The van der Waals surface area contributed by atoms with Gasteiger partial charge in [0.25, 0.3) is 5.91 Å². The number of rotatable bonds is 5. The van der Waals surface area contributed by atoms with Crippen molar-refractivity contribution in [2.45, 2.75) is 13.0 Å². The summed E-state index contributed by atoms with van der Waals surface area (Å²) in [5, 5.41) is 3.24. The average molecular weight is 456 g/mol. The van der Waals surface area contributed by atoms with Gasteiger partial charge in [-0.15, -0.1) is 12.4 Å². The Labute approximate surface area is 171 Å². The summed E-state index contributed by atoms with van der Waals surface area (Å²) >= 11 is 3.33. The summed E-state index contributed by atoms with van der Waals surface area (Å²) in [6, 6.07) is 9.94. The van der Waals surface area contributed by atoms with Gasteiger partial charge in [-0.05, 0) is 51.4 Å². The first-order valence-electron chi connectivity index (χ1n) is 8.09. The Hall–Kier alpha value is -2.09. The lowest BCUT2D eigenvalue weighted by atomic mass is 10.2. The fourth-order valence-electron chi connectivity index (χ4n) is 2.69. The molecule has 1 atom stereocenters. The largest absolute Gasteiger partial charge is 0.465 e. The SMILES string of the molecule is Cc1ccc(C(CNC(=O)c2cc(=O)c3ccc(Br)cc3o2)N(C)C)o1.Cl. The lowest BCUT2D eigenvalue weighted by molar-refractivity contribution is 0.0911. The zero-order chi connectivity index (χ0) is 18.8. The molecule has 0 saturated carbocycles. The molecule has 1 unspecified atom stereocenters. The molecule has 3 rings (SSSR count). The van der Waals surface area contributed by atoms with E-state index < -0.39 is 5.91 Å². The van der Waals surface area contributed by atoms with Crippen molar-refractivity contribution in [3.05, 3.63) is 68.4 Å². The summed E-state index contributed by atoms with van der Waals surface area (Å²) in [5.74, 6) is 1.11. The zero-order valence-corrected chi connectivity index (χ0v) is 17.5. The van der Waals surface area contributed by atoms with Gasteiger partial charge in [0.15, 0.2) is 11.2 Å². The molecule has 0 aliphatic rings. The molecule has 6 nitrogen and oxygen atoms in total. The standard InChI is InChI=1S/C19H19BrN2O4.ClH/c1-11-4-7-16(25-11)14(22(2)3)10-21-19(24)18-9-15(23)13-6-5-12(20)8-17(13)26-18;/h4-9,14H,10H2,1-3H3,(H,21,24);1H. The van der Waals surface area contributed by atoms with Crippen LogP contribution in [0.1, 0.15) is 28.1 Å². The predicted octanol–water partition coefficient (Wildman–Crippen LogP) is 3.91. The van der Waals surface area contributed by atoms with Crippen LogP contribution in [0.15, 0.2) is 54.5 Å². The van der Waals surface area contributed by atoms with Gasteiger partial charge in [0.2, 0.25) is 0 Å². The molecule has 0 fully saturated rings. The first-order valence-corrected chi connectivity index (χ1v) is 8.89. The number of carbonyl (C=O) groups is 1. The van der Waals surface area contributed by atoms with E-state index in [-0.39, 0.29) is 29.6 Å². The van der Waals surface area contributed by atoms with Crippen molar-refractivity contribution in [2.24, 2.45) is 0 Å². The van der Waals surface area contributed by atoms with E-state index in [9.17, 15) is 9.59 Å².